The van der Waals surface area contributed by atoms with Crippen molar-refractivity contribution in [1.82, 2.24) is 4.98 Å². The summed E-state index contributed by atoms with van der Waals surface area (Å²) < 4.78 is 10.9. The zero-order chi connectivity index (χ0) is 13.0. The maximum atomic E-state index is 9.35. The predicted octanol–water partition coefficient (Wildman–Crippen LogP) is 2.52. The fraction of sp³-hybridized carbons (Fsp3) is 0.357. The van der Waals surface area contributed by atoms with Gasteiger partial charge in [0, 0.05) is 17.1 Å². The van der Waals surface area contributed by atoms with E-state index in [1.807, 2.05) is 25.1 Å². The van der Waals surface area contributed by atoms with Crippen LogP contribution in [0.25, 0.3) is 10.9 Å². The number of hydrogen-bond acceptors (Lipinski definition) is 4. The zero-order valence-electron chi connectivity index (χ0n) is 10.6. The monoisotopic (exact) mass is 247 g/mol. The highest BCUT2D eigenvalue weighted by Crippen LogP contribution is 2.31. The molecule has 0 unspecified atom stereocenters. The van der Waals surface area contributed by atoms with Gasteiger partial charge in [-0.25, -0.2) is 0 Å². The van der Waals surface area contributed by atoms with Crippen molar-refractivity contribution in [3.05, 3.63) is 30.0 Å². The van der Waals surface area contributed by atoms with Crippen molar-refractivity contribution in [2.75, 3.05) is 13.7 Å². The minimum atomic E-state index is -0.0841. The lowest BCUT2D eigenvalue weighted by molar-refractivity contribution is 0.264. The van der Waals surface area contributed by atoms with Crippen molar-refractivity contribution in [3.8, 4) is 11.5 Å². The lowest BCUT2D eigenvalue weighted by atomic mass is 10.1. The number of fused-ring (bicyclic) bond motifs is 1. The van der Waals surface area contributed by atoms with E-state index >= 15 is 0 Å². The van der Waals surface area contributed by atoms with Crippen molar-refractivity contribution >= 4 is 10.9 Å². The Labute approximate surface area is 106 Å². The molecule has 4 nitrogen and oxygen atoms in total. The fourth-order valence-corrected chi connectivity index (χ4v) is 1.80. The first-order chi connectivity index (χ1) is 8.80. The quantitative estimate of drug-likeness (QED) is 0.882. The molecule has 0 bridgehead atoms. The standard InChI is InChI=1S/C14H17NO3/c1-3-6-18-14-10(9-16)8-15-13-5-4-11(17-2)7-12(13)14/h4-5,7-8,16H,3,6,9H2,1-2H3. The third-order valence-electron chi connectivity index (χ3n) is 2.72. The molecule has 4 heteroatoms. The Morgan fingerprint density at radius 1 is 1.33 bits per heavy atom. The minimum Gasteiger partial charge on any atom is -0.497 e. The van der Waals surface area contributed by atoms with Crippen LogP contribution in [0.5, 0.6) is 11.5 Å². The molecule has 0 aliphatic rings. The predicted molar refractivity (Wildman–Crippen MR) is 70.0 cm³/mol. The van der Waals surface area contributed by atoms with Crippen molar-refractivity contribution in [1.29, 1.82) is 0 Å². The fourth-order valence-electron chi connectivity index (χ4n) is 1.80. The number of aliphatic hydroxyl groups is 1. The smallest absolute Gasteiger partial charge is 0.135 e. The topological polar surface area (TPSA) is 51.6 Å². The number of aliphatic hydroxyl groups excluding tert-OH is 1. The van der Waals surface area contributed by atoms with Crippen LogP contribution >= 0.6 is 0 Å². The molecule has 1 N–H and O–H groups in total. The molecule has 0 amide bonds. The van der Waals surface area contributed by atoms with Crippen LogP contribution in [-0.4, -0.2) is 23.8 Å². The number of methoxy groups -OCH3 is 1. The van der Waals surface area contributed by atoms with Crippen LogP contribution in [0.4, 0.5) is 0 Å². The molecule has 18 heavy (non-hydrogen) atoms. The van der Waals surface area contributed by atoms with Crippen molar-refractivity contribution in [3.63, 3.8) is 0 Å². The summed E-state index contributed by atoms with van der Waals surface area (Å²) >= 11 is 0. The van der Waals surface area contributed by atoms with Gasteiger partial charge >= 0.3 is 0 Å². The van der Waals surface area contributed by atoms with Crippen LogP contribution in [0.1, 0.15) is 18.9 Å². The number of rotatable bonds is 5. The molecule has 1 heterocycles. The van der Waals surface area contributed by atoms with Crippen LogP contribution in [0.3, 0.4) is 0 Å². The van der Waals surface area contributed by atoms with Gasteiger partial charge < -0.3 is 14.6 Å². The molecular formula is C14H17NO3. The number of hydrogen-bond donors (Lipinski definition) is 1. The minimum absolute atomic E-state index is 0.0841. The first-order valence-electron chi connectivity index (χ1n) is 5.99. The van der Waals surface area contributed by atoms with Gasteiger partial charge in [0.25, 0.3) is 0 Å². The van der Waals surface area contributed by atoms with Gasteiger partial charge in [-0.2, -0.15) is 0 Å². The largest absolute Gasteiger partial charge is 0.497 e. The van der Waals surface area contributed by atoms with Crippen molar-refractivity contribution < 1.29 is 14.6 Å². The first-order valence-corrected chi connectivity index (χ1v) is 5.99. The Bertz CT molecular complexity index is 535. The molecule has 0 saturated carbocycles. The number of pyridine rings is 1. The van der Waals surface area contributed by atoms with E-state index < -0.39 is 0 Å². The molecule has 2 rings (SSSR count). The Hall–Kier alpha value is -1.81. The number of benzene rings is 1. The maximum absolute atomic E-state index is 9.35. The third-order valence-corrected chi connectivity index (χ3v) is 2.72. The number of nitrogens with zero attached hydrogens (tertiary/aromatic N) is 1. The summed E-state index contributed by atoms with van der Waals surface area (Å²) in [7, 11) is 1.62. The molecule has 0 fully saturated rings. The lowest BCUT2D eigenvalue weighted by Crippen LogP contribution is -2.01. The lowest BCUT2D eigenvalue weighted by Gasteiger charge is -2.12. The molecule has 0 aliphatic carbocycles. The van der Waals surface area contributed by atoms with Gasteiger partial charge in [-0.05, 0) is 24.6 Å². The summed E-state index contributed by atoms with van der Waals surface area (Å²) in [6.07, 6.45) is 2.57. The normalized spacial score (nSPS) is 10.6. The van der Waals surface area contributed by atoms with Crippen LogP contribution in [0, 0.1) is 0 Å². The second kappa shape index (κ2) is 5.69. The highest BCUT2D eigenvalue weighted by molar-refractivity contribution is 5.87. The third kappa shape index (κ3) is 2.38. The van der Waals surface area contributed by atoms with Crippen LogP contribution in [-0.2, 0) is 6.61 Å². The van der Waals surface area contributed by atoms with E-state index in [0.717, 1.165) is 23.1 Å². The highest BCUT2D eigenvalue weighted by atomic mass is 16.5. The van der Waals surface area contributed by atoms with Gasteiger partial charge in [-0.3, -0.25) is 4.98 Å². The van der Waals surface area contributed by atoms with Gasteiger partial charge in [0.1, 0.15) is 11.5 Å². The second-order valence-corrected chi connectivity index (χ2v) is 4.00. The molecule has 1 aromatic carbocycles. The average molecular weight is 247 g/mol. The summed E-state index contributed by atoms with van der Waals surface area (Å²) in [5, 5.41) is 10.2. The first kappa shape index (κ1) is 12.6. The highest BCUT2D eigenvalue weighted by Gasteiger charge is 2.10. The van der Waals surface area contributed by atoms with E-state index in [9.17, 15) is 5.11 Å². The van der Waals surface area contributed by atoms with E-state index in [4.69, 9.17) is 9.47 Å². The van der Waals surface area contributed by atoms with E-state index in [0.29, 0.717) is 17.9 Å². The van der Waals surface area contributed by atoms with Crippen LogP contribution in [0.2, 0.25) is 0 Å². The number of aromatic nitrogens is 1. The molecule has 0 saturated heterocycles. The SMILES string of the molecule is CCCOc1c(CO)cnc2ccc(OC)cc12. The summed E-state index contributed by atoms with van der Waals surface area (Å²) in [6, 6.07) is 5.62. The molecular weight excluding hydrogens is 230 g/mol. The average Bonchev–Trinajstić information content (AvgIpc) is 2.43. The van der Waals surface area contributed by atoms with Crippen LogP contribution < -0.4 is 9.47 Å². The molecule has 0 aliphatic heterocycles. The molecule has 96 valence electrons. The molecule has 1 aromatic heterocycles. The Kier molecular flexibility index (Phi) is 3.99. The van der Waals surface area contributed by atoms with Crippen molar-refractivity contribution in [2.24, 2.45) is 0 Å². The molecule has 0 spiro atoms. The summed E-state index contributed by atoms with van der Waals surface area (Å²) in [5.41, 5.74) is 1.53. The zero-order valence-corrected chi connectivity index (χ0v) is 10.6. The van der Waals surface area contributed by atoms with Gasteiger partial charge in [-0.15, -0.1) is 0 Å². The summed E-state index contributed by atoms with van der Waals surface area (Å²) in [5.74, 6) is 1.45. The maximum Gasteiger partial charge on any atom is 0.135 e. The molecule has 2 aromatic rings. The molecule has 0 radical (unpaired) electrons. The van der Waals surface area contributed by atoms with E-state index in [1.54, 1.807) is 13.3 Å². The summed E-state index contributed by atoms with van der Waals surface area (Å²) in [6.45, 7) is 2.57. The Morgan fingerprint density at radius 2 is 2.17 bits per heavy atom. The van der Waals surface area contributed by atoms with Gasteiger partial charge in [0.2, 0.25) is 0 Å². The van der Waals surface area contributed by atoms with Crippen molar-refractivity contribution in [2.45, 2.75) is 20.0 Å². The van der Waals surface area contributed by atoms with Gasteiger partial charge in [0.15, 0.2) is 0 Å². The Balaban J connectivity index is 2.58. The summed E-state index contributed by atoms with van der Waals surface area (Å²) in [4.78, 5) is 4.30. The van der Waals surface area contributed by atoms with E-state index in [-0.39, 0.29) is 6.61 Å². The van der Waals surface area contributed by atoms with Gasteiger partial charge in [-0.1, -0.05) is 6.92 Å². The van der Waals surface area contributed by atoms with Crippen LogP contribution in [0.15, 0.2) is 24.4 Å². The Morgan fingerprint density at radius 3 is 2.83 bits per heavy atom. The molecule has 0 atom stereocenters. The van der Waals surface area contributed by atoms with Gasteiger partial charge in [0.05, 0.1) is 25.8 Å². The second-order valence-electron chi connectivity index (χ2n) is 4.00. The number of ether oxygens (including phenoxy) is 2. The van der Waals surface area contributed by atoms with E-state index in [1.165, 1.54) is 0 Å². The van der Waals surface area contributed by atoms with E-state index in [2.05, 4.69) is 4.98 Å².